The van der Waals surface area contributed by atoms with E-state index >= 15 is 0 Å². The molecule has 1 rings (SSSR count). The maximum Gasteiger partial charge on any atom is 0.500 e. The molecule has 0 bridgehead atoms. The summed E-state index contributed by atoms with van der Waals surface area (Å²) in [5, 5.41) is 0. The highest BCUT2D eigenvalue weighted by atomic mass is 19.4. The third-order valence-corrected chi connectivity index (χ3v) is 1.92. The highest BCUT2D eigenvalue weighted by molar-refractivity contribution is 4.79. The molecule has 0 spiro atoms. The molecular weight excluding hydrogens is 219 g/mol. The van der Waals surface area contributed by atoms with Crippen molar-refractivity contribution < 1.29 is 26.5 Å². The van der Waals surface area contributed by atoms with Crippen molar-refractivity contribution in [2.75, 3.05) is 0 Å². The zero-order valence-electron chi connectivity index (χ0n) is 8.09. The fourth-order valence-corrected chi connectivity index (χ4v) is 0.987. The van der Waals surface area contributed by atoms with Crippen molar-refractivity contribution >= 4 is 0 Å². The van der Waals surface area contributed by atoms with Crippen LogP contribution >= 0.6 is 0 Å². The second kappa shape index (κ2) is 3.46. The summed E-state index contributed by atoms with van der Waals surface area (Å²) in [5.74, 6) is 0. The van der Waals surface area contributed by atoms with Crippen molar-refractivity contribution in [3.63, 3.8) is 0 Å². The number of aromatic nitrogens is 2. The number of nitrogens with zero attached hydrogens (tertiary/aromatic N) is 2. The molecule has 0 saturated carbocycles. The fourth-order valence-electron chi connectivity index (χ4n) is 0.987. The Hall–Kier alpha value is -1.14. The molecule has 1 heterocycles. The predicted octanol–water partition coefficient (Wildman–Crippen LogP) is 2.47. The molecule has 0 aliphatic heterocycles. The lowest BCUT2D eigenvalue weighted by Gasteiger charge is -2.14. The van der Waals surface area contributed by atoms with Gasteiger partial charge in [-0.15, -0.1) is 0 Å². The number of hydrogen-bond donors (Lipinski definition) is 0. The summed E-state index contributed by atoms with van der Waals surface area (Å²) in [6, 6.07) is -5.04. The maximum atomic E-state index is 12.8. The van der Waals surface area contributed by atoms with Gasteiger partial charge in [0.25, 0.3) is 0 Å². The SMILES string of the molecule is CC(C)[n+]1ccn(C(F)(F)C(F)(F)F)c1. The minimum atomic E-state index is -5.58. The van der Waals surface area contributed by atoms with E-state index in [1.54, 1.807) is 13.8 Å². The molecule has 15 heavy (non-hydrogen) atoms. The molecule has 1 aromatic rings. The fraction of sp³-hybridized carbons (Fsp3) is 0.625. The third kappa shape index (κ3) is 2.10. The van der Waals surface area contributed by atoms with Crippen LogP contribution in [-0.4, -0.2) is 10.7 Å². The molecule has 0 aromatic carbocycles. The second-order valence-electron chi connectivity index (χ2n) is 3.40. The molecule has 2 nitrogen and oxygen atoms in total. The van der Waals surface area contributed by atoms with Gasteiger partial charge in [0.05, 0.1) is 6.04 Å². The summed E-state index contributed by atoms with van der Waals surface area (Å²) in [4.78, 5) is 0. The largest absolute Gasteiger partial charge is 0.500 e. The second-order valence-corrected chi connectivity index (χ2v) is 3.40. The Morgan fingerprint density at radius 1 is 1.13 bits per heavy atom. The molecule has 86 valence electrons. The van der Waals surface area contributed by atoms with E-state index in [0.29, 0.717) is 6.20 Å². The van der Waals surface area contributed by atoms with Crippen LogP contribution in [0.2, 0.25) is 0 Å². The highest BCUT2D eigenvalue weighted by Gasteiger charge is 2.64. The Morgan fingerprint density at radius 3 is 2.00 bits per heavy atom. The molecule has 1 aromatic heterocycles. The van der Waals surface area contributed by atoms with Gasteiger partial charge in [0.1, 0.15) is 12.4 Å². The lowest BCUT2D eigenvalue weighted by atomic mass is 10.4. The van der Waals surface area contributed by atoms with Gasteiger partial charge in [-0.25, -0.2) is 4.57 Å². The molecule has 0 radical (unpaired) electrons. The topological polar surface area (TPSA) is 8.81 Å². The zero-order valence-corrected chi connectivity index (χ0v) is 8.09. The molecule has 0 fully saturated rings. The molecule has 7 heteroatoms. The van der Waals surface area contributed by atoms with Gasteiger partial charge in [0.15, 0.2) is 0 Å². The van der Waals surface area contributed by atoms with Crippen LogP contribution in [0.5, 0.6) is 0 Å². The molecule has 0 aliphatic rings. The minimum Gasteiger partial charge on any atom is -0.235 e. The lowest BCUT2D eigenvalue weighted by Crippen LogP contribution is -2.41. The van der Waals surface area contributed by atoms with E-state index in [2.05, 4.69) is 0 Å². The van der Waals surface area contributed by atoms with Crippen LogP contribution in [0.3, 0.4) is 0 Å². The van der Waals surface area contributed by atoms with Gasteiger partial charge >= 0.3 is 12.2 Å². The van der Waals surface area contributed by atoms with Crippen LogP contribution < -0.4 is 4.57 Å². The van der Waals surface area contributed by atoms with Crippen LogP contribution in [0.1, 0.15) is 19.9 Å². The average Bonchev–Trinajstić information content (AvgIpc) is 2.49. The average molecular weight is 229 g/mol. The number of rotatable bonds is 2. The van der Waals surface area contributed by atoms with Gasteiger partial charge < -0.3 is 0 Å². The van der Waals surface area contributed by atoms with Crippen molar-refractivity contribution in [1.82, 2.24) is 4.57 Å². The molecular formula is C8H10F5N2+. The summed E-state index contributed by atoms with van der Waals surface area (Å²) in [6.45, 7) is 3.35. The quantitative estimate of drug-likeness (QED) is 0.544. The summed E-state index contributed by atoms with van der Waals surface area (Å²) in [7, 11) is 0. The van der Waals surface area contributed by atoms with Crippen LogP contribution in [0, 0.1) is 0 Å². The molecule has 0 amide bonds. The lowest BCUT2D eigenvalue weighted by molar-refractivity contribution is -0.716. The molecule has 0 unspecified atom stereocenters. The normalized spacial score (nSPS) is 13.6. The van der Waals surface area contributed by atoms with E-state index in [1.165, 1.54) is 10.8 Å². The van der Waals surface area contributed by atoms with E-state index in [4.69, 9.17) is 0 Å². The number of hydrogen-bond acceptors (Lipinski definition) is 0. The van der Waals surface area contributed by atoms with Gasteiger partial charge in [-0.3, -0.25) is 0 Å². The predicted molar refractivity (Wildman–Crippen MR) is 41.3 cm³/mol. The van der Waals surface area contributed by atoms with Gasteiger partial charge in [0, 0.05) is 0 Å². The van der Waals surface area contributed by atoms with E-state index in [-0.39, 0.29) is 10.6 Å². The summed E-state index contributed by atoms with van der Waals surface area (Å²) in [6.07, 6.45) is -2.98. The third-order valence-electron chi connectivity index (χ3n) is 1.92. The van der Waals surface area contributed by atoms with Gasteiger partial charge in [-0.1, -0.05) is 0 Å². The van der Waals surface area contributed by atoms with Crippen LogP contribution in [0.4, 0.5) is 22.0 Å². The van der Waals surface area contributed by atoms with Gasteiger partial charge in [0.2, 0.25) is 6.33 Å². The number of imidazole rings is 1. The Labute approximate surface area is 82.9 Å². The van der Waals surface area contributed by atoms with Crippen LogP contribution in [0.25, 0.3) is 0 Å². The van der Waals surface area contributed by atoms with Crippen molar-refractivity contribution in [3.8, 4) is 0 Å². The zero-order chi connectivity index (χ0) is 11.9. The standard InChI is InChI=1S/C8H10F5N2/c1-6(2)14-3-4-15(5-14)8(12,13)7(9,10)11/h3-6H,1-2H3/q+1. The maximum absolute atomic E-state index is 12.8. The number of alkyl halides is 5. The van der Waals surface area contributed by atoms with Gasteiger partial charge in [-0.2, -0.15) is 26.5 Å². The minimum absolute atomic E-state index is 0.146. The number of halogens is 5. The monoisotopic (exact) mass is 229 g/mol. The molecule has 0 N–H and O–H groups in total. The first kappa shape index (κ1) is 11.9. The van der Waals surface area contributed by atoms with Gasteiger partial charge in [-0.05, 0) is 13.8 Å². The van der Waals surface area contributed by atoms with E-state index in [1.807, 2.05) is 0 Å². The highest BCUT2D eigenvalue weighted by Crippen LogP contribution is 2.39. The molecule has 0 saturated heterocycles. The summed E-state index contributed by atoms with van der Waals surface area (Å²) in [5.41, 5.74) is 0. The van der Waals surface area contributed by atoms with Crippen molar-refractivity contribution in [1.29, 1.82) is 0 Å². The first-order valence-corrected chi connectivity index (χ1v) is 4.20. The van der Waals surface area contributed by atoms with Crippen molar-refractivity contribution in [2.24, 2.45) is 0 Å². The van der Waals surface area contributed by atoms with E-state index in [0.717, 1.165) is 6.33 Å². The Morgan fingerprint density at radius 2 is 1.67 bits per heavy atom. The summed E-state index contributed by atoms with van der Waals surface area (Å²) >= 11 is 0. The van der Waals surface area contributed by atoms with Crippen molar-refractivity contribution in [3.05, 3.63) is 18.7 Å². The Balaban J connectivity index is 3.06. The van der Waals surface area contributed by atoms with Crippen LogP contribution in [-0.2, 0) is 6.05 Å². The smallest absolute Gasteiger partial charge is 0.235 e. The molecule has 0 atom stereocenters. The Kier molecular flexibility index (Phi) is 2.75. The first-order valence-electron chi connectivity index (χ1n) is 4.20. The van der Waals surface area contributed by atoms with E-state index in [9.17, 15) is 22.0 Å². The molecule has 0 aliphatic carbocycles. The van der Waals surface area contributed by atoms with Crippen LogP contribution in [0.15, 0.2) is 18.7 Å². The Bertz CT molecular complexity index is 339. The van der Waals surface area contributed by atoms with E-state index < -0.39 is 12.2 Å². The first-order chi connectivity index (χ1) is 6.66. The van der Waals surface area contributed by atoms with Crippen molar-refractivity contribution in [2.45, 2.75) is 32.1 Å². The summed E-state index contributed by atoms with van der Waals surface area (Å²) < 4.78 is 62.5.